The zero-order valence-electron chi connectivity index (χ0n) is 21.1. The van der Waals surface area contributed by atoms with Crippen molar-refractivity contribution in [2.75, 3.05) is 25.0 Å². The lowest BCUT2D eigenvalue weighted by atomic mass is 10.1. The van der Waals surface area contributed by atoms with Gasteiger partial charge in [0, 0.05) is 41.2 Å². The van der Waals surface area contributed by atoms with Crippen molar-refractivity contribution in [1.82, 2.24) is 5.32 Å². The third-order valence-electron chi connectivity index (χ3n) is 5.28. The summed E-state index contributed by atoms with van der Waals surface area (Å²) in [6.45, 7) is 2.69. The van der Waals surface area contributed by atoms with Gasteiger partial charge in [-0.3, -0.25) is 19.4 Å². The minimum Gasteiger partial charge on any atom is -0.508 e. The summed E-state index contributed by atoms with van der Waals surface area (Å²) < 4.78 is 6.29. The number of ether oxygens (including phenoxy) is 1. The van der Waals surface area contributed by atoms with Crippen LogP contribution < -0.4 is 16.4 Å². The number of hydrogen-bond donors (Lipinski definition) is 5. The van der Waals surface area contributed by atoms with Gasteiger partial charge in [-0.1, -0.05) is 22.4 Å². The molecule has 0 spiro atoms. The minimum absolute atomic E-state index is 0.0385. The Hall–Kier alpha value is -3.12. The first kappa shape index (κ1) is 31.1. The van der Waals surface area contributed by atoms with Gasteiger partial charge < -0.3 is 31.3 Å². The van der Waals surface area contributed by atoms with Crippen LogP contribution in [0, 0.1) is 0 Å². The number of primary amides is 1. The number of anilines is 1. The predicted octanol–water partition coefficient (Wildman–Crippen LogP) is 4.40. The quantitative estimate of drug-likeness (QED) is 0.263. The average molecular weight is 656 g/mol. The lowest BCUT2D eigenvalue weighted by Crippen LogP contribution is -2.33. The van der Waals surface area contributed by atoms with Crippen LogP contribution in [0.3, 0.4) is 0 Å². The Morgan fingerprint density at radius 2 is 1.84 bits per heavy atom. The first-order chi connectivity index (χ1) is 18.1. The number of halogens is 2. The van der Waals surface area contributed by atoms with E-state index in [0.717, 1.165) is 42.5 Å². The maximum absolute atomic E-state index is 11.9. The van der Waals surface area contributed by atoms with E-state index in [2.05, 4.69) is 47.5 Å². The van der Waals surface area contributed by atoms with E-state index in [1.807, 2.05) is 0 Å². The molecule has 0 saturated carbocycles. The molecule has 1 aliphatic heterocycles. The molecule has 0 bridgehead atoms. The number of aryl methyl sites for hydroxylation is 1. The molecule has 0 fully saturated rings. The van der Waals surface area contributed by atoms with Gasteiger partial charge in [0.25, 0.3) is 5.91 Å². The molecule has 1 aliphatic rings. The van der Waals surface area contributed by atoms with Crippen LogP contribution in [0.1, 0.15) is 54.9 Å². The molecule has 6 N–H and O–H groups in total. The first-order valence-corrected chi connectivity index (χ1v) is 13.7. The van der Waals surface area contributed by atoms with E-state index in [-0.39, 0.29) is 36.0 Å². The molecule has 1 heterocycles. The van der Waals surface area contributed by atoms with Crippen LogP contribution >= 0.6 is 31.9 Å². The molecule has 0 unspecified atom stereocenters. The Morgan fingerprint density at radius 1 is 1.08 bits per heavy atom. The number of nitrogens with one attached hydrogen (secondary N) is 2. The van der Waals surface area contributed by atoms with E-state index < -0.39 is 11.8 Å². The van der Waals surface area contributed by atoms with Gasteiger partial charge in [-0.25, -0.2) is 0 Å². The number of rotatable bonds is 8. The monoisotopic (exact) mass is 654 g/mol. The molecule has 10 nitrogen and oxygen atoms in total. The molecule has 0 aromatic heterocycles. The van der Waals surface area contributed by atoms with Crippen molar-refractivity contribution in [3.8, 4) is 11.5 Å². The summed E-state index contributed by atoms with van der Waals surface area (Å²) in [5, 5.41) is 25.0. The number of hydrogen-bond acceptors (Lipinski definition) is 8. The maximum atomic E-state index is 11.9. The van der Waals surface area contributed by atoms with Crippen molar-refractivity contribution in [2.24, 2.45) is 10.7 Å². The van der Waals surface area contributed by atoms with Gasteiger partial charge in [-0.2, -0.15) is 0 Å². The van der Waals surface area contributed by atoms with Gasteiger partial charge in [0.05, 0.1) is 17.6 Å². The summed E-state index contributed by atoms with van der Waals surface area (Å²) in [5.74, 6) is -0.360. The highest BCUT2D eigenvalue weighted by Crippen LogP contribution is 2.32. The van der Waals surface area contributed by atoms with Crippen LogP contribution in [0.4, 0.5) is 5.69 Å². The molecule has 38 heavy (non-hydrogen) atoms. The molecule has 12 heteroatoms. The second kappa shape index (κ2) is 16.0. The predicted molar refractivity (Wildman–Crippen MR) is 152 cm³/mol. The average Bonchev–Trinajstić information content (AvgIpc) is 3.12. The van der Waals surface area contributed by atoms with E-state index in [0.29, 0.717) is 28.8 Å². The Morgan fingerprint density at radius 3 is 2.55 bits per heavy atom. The van der Waals surface area contributed by atoms with Crippen LogP contribution in [0.25, 0.3) is 0 Å². The van der Waals surface area contributed by atoms with Gasteiger partial charge >= 0.3 is 5.97 Å². The molecular formula is C26H32Br2N4O6. The normalized spacial score (nSPS) is 12.8. The molecule has 0 atom stereocenters. The molecular weight excluding hydrogens is 624 g/mol. The Labute approximate surface area is 238 Å². The number of nitrogens with zero attached hydrogens (tertiary/aromatic N) is 1. The molecule has 2 aromatic carbocycles. The van der Waals surface area contributed by atoms with E-state index >= 15 is 0 Å². The first-order valence-electron chi connectivity index (χ1n) is 12.1. The lowest BCUT2D eigenvalue weighted by Gasteiger charge is -2.11. The van der Waals surface area contributed by atoms with Crippen LogP contribution in [-0.4, -0.2) is 53.5 Å². The van der Waals surface area contributed by atoms with Gasteiger partial charge in [0.1, 0.15) is 17.3 Å². The molecule has 3 rings (SSSR count). The van der Waals surface area contributed by atoms with Crippen molar-refractivity contribution in [2.45, 2.75) is 45.4 Å². The fraction of sp³-hybridized carbons (Fsp3) is 0.385. The Balaban J connectivity index is 0.000000281. The van der Waals surface area contributed by atoms with E-state index in [4.69, 9.17) is 10.5 Å². The van der Waals surface area contributed by atoms with Crippen molar-refractivity contribution >= 4 is 61.2 Å². The van der Waals surface area contributed by atoms with Gasteiger partial charge in [0.15, 0.2) is 0 Å². The zero-order chi connectivity index (χ0) is 28.1. The number of amidine groups is 1. The fourth-order valence-corrected chi connectivity index (χ4v) is 4.82. The second-order valence-corrected chi connectivity index (χ2v) is 10.2. The van der Waals surface area contributed by atoms with E-state index in [9.17, 15) is 24.6 Å². The van der Waals surface area contributed by atoms with Crippen molar-refractivity contribution in [3.05, 3.63) is 50.4 Å². The molecule has 2 amide bonds. The van der Waals surface area contributed by atoms with Crippen molar-refractivity contribution < 1.29 is 29.3 Å². The summed E-state index contributed by atoms with van der Waals surface area (Å²) in [7, 11) is 0. The number of phenolic OH excluding ortho intramolecular Hbond substituents is 2. The number of esters is 1. The largest absolute Gasteiger partial charge is 0.508 e. The number of aliphatic imine (C=N–C) groups is 1. The van der Waals surface area contributed by atoms with Crippen LogP contribution in [0.15, 0.2) is 44.3 Å². The molecule has 0 aliphatic carbocycles. The lowest BCUT2D eigenvalue weighted by molar-refractivity contribution is -0.143. The number of nitrogens with two attached hydrogens (primary N) is 1. The SMILES string of the molecule is CCOC(=O)CCc1cc(Br)cc(Br)c1O.NC(=O)CNC(=O)c1cc(O)cc(NC2=NCCCCC2)c1. The van der Waals surface area contributed by atoms with E-state index in [1.165, 1.54) is 12.1 Å². The van der Waals surface area contributed by atoms with Crippen LogP contribution in [0.5, 0.6) is 11.5 Å². The van der Waals surface area contributed by atoms with Crippen molar-refractivity contribution in [3.63, 3.8) is 0 Å². The van der Waals surface area contributed by atoms with E-state index in [1.54, 1.807) is 25.1 Å². The number of amides is 2. The maximum Gasteiger partial charge on any atom is 0.306 e. The Bertz CT molecular complexity index is 1170. The molecule has 206 valence electrons. The number of carbonyl (C=O) groups excluding carboxylic acids is 3. The summed E-state index contributed by atoms with van der Waals surface area (Å²) in [6.07, 6.45) is 4.87. The number of aromatic hydroxyl groups is 2. The number of phenols is 2. The third-order valence-corrected chi connectivity index (χ3v) is 6.34. The third kappa shape index (κ3) is 11.1. The highest BCUT2D eigenvalue weighted by atomic mass is 79.9. The zero-order valence-corrected chi connectivity index (χ0v) is 24.2. The highest BCUT2D eigenvalue weighted by molar-refractivity contribution is 9.11. The molecule has 2 aromatic rings. The molecule has 0 saturated heterocycles. The van der Waals surface area contributed by atoms with Gasteiger partial charge in [-0.15, -0.1) is 0 Å². The van der Waals surface area contributed by atoms with Crippen molar-refractivity contribution in [1.29, 1.82) is 0 Å². The standard InChI is InChI=1S/C15H20N4O3.C11H12Br2O3/c16-13(21)9-18-15(22)10-6-11(8-12(20)7-10)19-14-4-2-1-3-5-17-14;1-2-16-10(14)4-3-7-5-8(12)6-9(13)11(7)15/h6-8,20H,1-5,9H2,(H2,16,21)(H,17,19)(H,18,22);5-6,15H,2-4H2,1H3. The smallest absolute Gasteiger partial charge is 0.306 e. The Kier molecular flexibility index (Phi) is 13.1. The number of carbonyl (C=O) groups is 3. The fourth-order valence-electron chi connectivity index (χ4n) is 3.51. The van der Waals surface area contributed by atoms with Crippen LogP contribution in [-0.2, 0) is 20.7 Å². The summed E-state index contributed by atoms with van der Waals surface area (Å²) in [6, 6.07) is 8.00. The second-order valence-electron chi connectivity index (χ2n) is 8.38. The highest BCUT2D eigenvalue weighted by Gasteiger charge is 2.12. The summed E-state index contributed by atoms with van der Waals surface area (Å²) >= 11 is 6.57. The van der Waals surface area contributed by atoms with Gasteiger partial charge in [-0.05, 0) is 71.9 Å². The number of benzene rings is 2. The van der Waals surface area contributed by atoms with Gasteiger partial charge in [0.2, 0.25) is 5.91 Å². The topological polar surface area (TPSA) is 163 Å². The summed E-state index contributed by atoms with van der Waals surface area (Å²) in [5.41, 5.74) is 6.54. The summed E-state index contributed by atoms with van der Waals surface area (Å²) in [4.78, 5) is 38.2. The minimum atomic E-state index is -0.625. The molecule has 0 radical (unpaired) electrons. The van der Waals surface area contributed by atoms with Crippen LogP contribution in [0.2, 0.25) is 0 Å².